The zero-order valence-corrected chi connectivity index (χ0v) is 14.0. The first-order valence-electron chi connectivity index (χ1n) is 7.58. The van der Waals surface area contributed by atoms with Gasteiger partial charge in [-0.2, -0.15) is 0 Å². The lowest BCUT2D eigenvalue weighted by Gasteiger charge is -2.24. The molecule has 0 aromatic heterocycles. The third-order valence-corrected chi connectivity index (χ3v) is 3.41. The molecule has 2 N–H and O–H groups in total. The number of ether oxygens (including phenoxy) is 1. The largest absolute Gasteiger partial charge is 0.383 e. The summed E-state index contributed by atoms with van der Waals surface area (Å²) in [6.07, 6.45) is 0. The average Bonchev–Trinajstić information content (AvgIpc) is 2.45. The van der Waals surface area contributed by atoms with Crippen LogP contribution in [0, 0.1) is 6.92 Å². The Morgan fingerprint density at radius 3 is 2.43 bits per heavy atom. The van der Waals surface area contributed by atoms with Gasteiger partial charge in [-0.25, -0.2) is 0 Å². The van der Waals surface area contributed by atoms with E-state index in [0.29, 0.717) is 6.61 Å². The van der Waals surface area contributed by atoms with Crippen molar-refractivity contribution >= 4 is 5.96 Å². The number of aryl methyl sites for hydroxylation is 1. The van der Waals surface area contributed by atoms with Gasteiger partial charge >= 0.3 is 0 Å². The number of hydrogen-bond acceptors (Lipinski definition) is 2. The Balaban J connectivity index is 2.69. The Labute approximate surface area is 129 Å². The molecule has 1 aromatic rings. The van der Waals surface area contributed by atoms with Gasteiger partial charge in [0.05, 0.1) is 13.2 Å². The molecule has 0 spiro atoms. The molecule has 0 radical (unpaired) electrons. The quantitative estimate of drug-likeness (QED) is 0.461. The molecule has 0 aliphatic rings. The van der Waals surface area contributed by atoms with E-state index >= 15 is 0 Å². The van der Waals surface area contributed by atoms with Crippen LogP contribution in [-0.4, -0.2) is 39.3 Å². The predicted molar refractivity (Wildman–Crippen MR) is 90.1 cm³/mol. The standard InChI is InChI=1S/C17H29N3O/c1-6-18-16(19-11-12-21-5)20-13-17(3,4)15-9-7-14(2)8-10-15/h7-10H,6,11-13H2,1-5H3,(H2,18,19,20). The Kier molecular flexibility index (Phi) is 7.23. The molecule has 21 heavy (non-hydrogen) atoms. The van der Waals surface area contributed by atoms with E-state index in [1.54, 1.807) is 7.11 Å². The predicted octanol–water partition coefficient (Wildman–Crippen LogP) is 2.47. The highest BCUT2D eigenvalue weighted by Gasteiger charge is 2.20. The molecule has 0 atom stereocenters. The molecule has 118 valence electrons. The molecule has 0 amide bonds. The van der Waals surface area contributed by atoms with Crippen molar-refractivity contribution in [2.75, 3.05) is 33.4 Å². The van der Waals surface area contributed by atoms with E-state index in [-0.39, 0.29) is 5.41 Å². The monoisotopic (exact) mass is 291 g/mol. The minimum Gasteiger partial charge on any atom is -0.383 e. The molecule has 0 saturated heterocycles. The Morgan fingerprint density at radius 2 is 1.86 bits per heavy atom. The summed E-state index contributed by atoms with van der Waals surface area (Å²) in [6, 6.07) is 8.69. The molecule has 0 bridgehead atoms. The van der Waals surface area contributed by atoms with Gasteiger partial charge in [-0.15, -0.1) is 0 Å². The number of guanidine groups is 1. The van der Waals surface area contributed by atoms with E-state index in [4.69, 9.17) is 9.73 Å². The zero-order chi connectivity index (χ0) is 15.7. The summed E-state index contributed by atoms with van der Waals surface area (Å²) < 4.78 is 5.05. The third kappa shape index (κ3) is 6.17. The van der Waals surface area contributed by atoms with E-state index in [0.717, 1.165) is 25.6 Å². The molecule has 0 heterocycles. The van der Waals surface area contributed by atoms with Crippen molar-refractivity contribution in [2.45, 2.75) is 33.1 Å². The molecular weight excluding hydrogens is 262 g/mol. The smallest absolute Gasteiger partial charge is 0.191 e. The summed E-state index contributed by atoms with van der Waals surface area (Å²) in [5.41, 5.74) is 2.61. The minimum atomic E-state index is 0.0112. The van der Waals surface area contributed by atoms with E-state index in [9.17, 15) is 0 Å². The lowest BCUT2D eigenvalue weighted by atomic mass is 9.84. The van der Waals surface area contributed by atoms with Crippen LogP contribution in [0.4, 0.5) is 0 Å². The summed E-state index contributed by atoms with van der Waals surface area (Å²) >= 11 is 0. The maximum absolute atomic E-state index is 5.05. The van der Waals surface area contributed by atoms with Crippen LogP contribution in [0.15, 0.2) is 29.3 Å². The van der Waals surface area contributed by atoms with Gasteiger partial charge in [-0.3, -0.25) is 4.99 Å². The molecule has 1 rings (SSSR count). The molecule has 0 saturated carbocycles. The first-order chi connectivity index (χ1) is 9.99. The second-order valence-corrected chi connectivity index (χ2v) is 5.86. The van der Waals surface area contributed by atoms with Crippen molar-refractivity contribution in [3.8, 4) is 0 Å². The second-order valence-electron chi connectivity index (χ2n) is 5.86. The minimum absolute atomic E-state index is 0.0112. The fourth-order valence-electron chi connectivity index (χ4n) is 1.99. The lowest BCUT2D eigenvalue weighted by Crippen LogP contribution is -2.40. The SMILES string of the molecule is CCNC(=NCC(C)(C)c1ccc(C)cc1)NCCOC. The average molecular weight is 291 g/mol. The highest BCUT2D eigenvalue weighted by molar-refractivity contribution is 5.79. The van der Waals surface area contributed by atoms with Gasteiger partial charge in [0.25, 0.3) is 0 Å². The van der Waals surface area contributed by atoms with Gasteiger partial charge in [-0.1, -0.05) is 43.7 Å². The number of nitrogens with one attached hydrogen (secondary N) is 2. The lowest BCUT2D eigenvalue weighted by molar-refractivity contribution is 0.203. The van der Waals surface area contributed by atoms with Crippen LogP contribution < -0.4 is 10.6 Å². The number of aliphatic imine (C=N–C) groups is 1. The molecule has 0 aliphatic carbocycles. The number of rotatable bonds is 7. The summed E-state index contributed by atoms with van der Waals surface area (Å²) in [6.45, 7) is 11.6. The van der Waals surface area contributed by atoms with Crippen LogP contribution >= 0.6 is 0 Å². The normalized spacial score (nSPS) is 12.3. The molecule has 1 aromatic carbocycles. The highest BCUT2D eigenvalue weighted by Crippen LogP contribution is 2.23. The van der Waals surface area contributed by atoms with Crippen LogP contribution in [-0.2, 0) is 10.2 Å². The first-order valence-corrected chi connectivity index (χ1v) is 7.58. The molecule has 4 heteroatoms. The first kappa shape index (κ1) is 17.5. The molecule has 0 unspecified atom stereocenters. The van der Waals surface area contributed by atoms with Crippen LogP contribution in [0.25, 0.3) is 0 Å². The summed E-state index contributed by atoms with van der Waals surface area (Å²) in [4.78, 5) is 4.69. The van der Waals surface area contributed by atoms with Crippen LogP contribution in [0.3, 0.4) is 0 Å². The Morgan fingerprint density at radius 1 is 1.19 bits per heavy atom. The van der Waals surface area contributed by atoms with Crippen LogP contribution in [0.2, 0.25) is 0 Å². The third-order valence-electron chi connectivity index (χ3n) is 3.41. The zero-order valence-electron chi connectivity index (χ0n) is 14.0. The second kappa shape index (κ2) is 8.67. The van der Waals surface area contributed by atoms with Gasteiger partial charge in [-0.05, 0) is 19.4 Å². The molecular formula is C17H29N3O. The number of benzene rings is 1. The van der Waals surface area contributed by atoms with Gasteiger partial charge in [0.2, 0.25) is 0 Å². The van der Waals surface area contributed by atoms with Crippen molar-refractivity contribution in [1.82, 2.24) is 10.6 Å². The fraction of sp³-hybridized carbons (Fsp3) is 0.588. The number of hydrogen-bond donors (Lipinski definition) is 2. The number of methoxy groups -OCH3 is 1. The van der Waals surface area contributed by atoms with E-state index < -0.39 is 0 Å². The molecule has 0 aliphatic heterocycles. The van der Waals surface area contributed by atoms with Crippen molar-refractivity contribution < 1.29 is 4.74 Å². The van der Waals surface area contributed by atoms with Crippen molar-refractivity contribution in [3.05, 3.63) is 35.4 Å². The summed E-state index contributed by atoms with van der Waals surface area (Å²) in [7, 11) is 1.70. The number of nitrogens with zero attached hydrogens (tertiary/aromatic N) is 1. The van der Waals surface area contributed by atoms with Gasteiger partial charge in [0.1, 0.15) is 0 Å². The van der Waals surface area contributed by atoms with E-state index in [1.165, 1.54) is 11.1 Å². The Hall–Kier alpha value is -1.55. The van der Waals surface area contributed by atoms with Crippen molar-refractivity contribution in [3.63, 3.8) is 0 Å². The molecule has 0 fully saturated rings. The van der Waals surface area contributed by atoms with Crippen molar-refractivity contribution in [2.24, 2.45) is 4.99 Å². The van der Waals surface area contributed by atoms with E-state index in [1.807, 2.05) is 0 Å². The van der Waals surface area contributed by atoms with Crippen molar-refractivity contribution in [1.29, 1.82) is 0 Å². The van der Waals surface area contributed by atoms with E-state index in [2.05, 4.69) is 62.6 Å². The Bertz CT molecular complexity index is 438. The summed E-state index contributed by atoms with van der Waals surface area (Å²) in [5.74, 6) is 0.842. The van der Waals surface area contributed by atoms with Crippen LogP contribution in [0.5, 0.6) is 0 Å². The topological polar surface area (TPSA) is 45.7 Å². The fourth-order valence-corrected chi connectivity index (χ4v) is 1.99. The molecule has 4 nitrogen and oxygen atoms in total. The maximum Gasteiger partial charge on any atom is 0.191 e. The van der Waals surface area contributed by atoms with Gasteiger partial charge in [0, 0.05) is 25.6 Å². The maximum atomic E-state index is 5.05. The van der Waals surface area contributed by atoms with Gasteiger partial charge < -0.3 is 15.4 Å². The highest BCUT2D eigenvalue weighted by atomic mass is 16.5. The van der Waals surface area contributed by atoms with Gasteiger partial charge in [0.15, 0.2) is 5.96 Å². The summed E-state index contributed by atoms with van der Waals surface area (Å²) in [5, 5.41) is 6.53. The van der Waals surface area contributed by atoms with Crippen LogP contribution in [0.1, 0.15) is 31.9 Å².